The van der Waals surface area contributed by atoms with Crippen LogP contribution in [0.1, 0.15) is 13.8 Å². The Morgan fingerprint density at radius 3 is 2.81 bits per heavy atom. The van der Waals surface area contributed by atoms with Crippen LogP contribution in [-0.2, 0) is 13.6 Å². The van der Waals surface area contributed by atoms with Crippen molar-refractivity contribution in [1.82, 2.24) is 14.1 Å². The topological polar surface area (TPSA) is 60.0 Å². The van der Waals surface area contributed by atoms with Gasteiger partial charge in [0, 0.05) is 13.2 Å². The number of rotatable bonds is 2. The van der Waals surface area contributed by atoms with Crippen LogP contribution in [0.25, 0.3) is 11.2 Å². The fraction of sp³-hybridized carbons (Fsp3) is 0.455. The SMILES string of the molecule is Cn1c(=O)n(CC(C)(C)O)c2cccnc21. The van der Waals surface area contributed by atoms with Gasteiger partial charge in [-0.1, -0.05) is 0 Å². The van der Waals surface area contributed by atoms with Crippen molar-refractivity contribution in [3.63, 3.8) is 0 Å². The maximum absolute atomic E-state index is 11.9. The lowest BCUT2D eigenvalue weighted by molar-refractivity contribution is 0.0616. The maximum atomic E-state index is 11.9. The summed E-state index contributed by atoms with van der Waals surface area (Å²) in [5.74, 6) is 0. The van der Waals surface area contributed by atoms with Crippen LogP contribution in [0.5, 0.6) is 0 Å². The van der Waals surface area contributed by atoms with Gasteiger partial charge in [-0.2, -0.15) is 0 Å². The Hall–Kier alpha value is -1.62. The zero-order chi connectivity index (χ0) is 11.9. The van der Waals surface area contributed by atoms with Gasteiger partial charge < -0.3 is 5.11 Å². The van der Waals surface area contributed by atoms with Crippen molar-refractivity contribution in [2.24, 2.45) is 7.05 Å². The van der Waals surface area contributed by atoms with Gasteiger partial charge in [0.05, 0.1) is 17.7 Å². The van der Waals surface area contributed by atoms with E-state index in [1.165, 1.54) is 4.57 Å². The van der Waals surface area contributed by atoms with Gasteiger partial charge in [0.15, 0.2) is 5.65 Å². The first kappa shape index (κ1) is 10.9. The summed E-state index contributed by atoms with van der Waals surface area (Å²) in [6, 6.07) is 3.61. The molecule has 0 radical (unpaired) electrons. The molecule has 0 amide bonds. The molecule has 5 nitrogen and oxygen atoms in total. The molecule has 2 aromatic rings. The summed E-state index contributed by atoms with van der Waals surface area (Å²) in [5, 5.41) is 9.77. The molecule has 0 saturated carbocycles. The minimum absolute atomic E-state index is 0.157. The molecule has 0 aliphatic carbocycles. The Bertz CT molecular complexity index is 575. The quantitative estimate of drug-likeness (QED) is 0.803. The number of hydrogen-bond acceptors (Lipinski definition) is 3. The van der Waals surface area contributed by atoms with E-state index in [4.69, 9.17) is 0 Å². The Balaban J connectivity index is 2.70. The highest BCUT2D eigenvalue weighted by molar-refractivity contribution is 5.71. The van der Waals surface area contributed by atoms with Crippen molar-refractivity contribution in [2.45, 2.75) is 26.0 Å². The van der Waals surface area contributed by atoms with E-state index in [-0.39, 0.29) is 12.2 Å². The van der Waals surface area contributed by atoms with E-state index >= 15 is 0 Å². The van der Waals surface area contributed by atoms with Gasteiger partial charge >= 0.3 is 5.69 Å². The molecule has 5 heteroatoms. The molecule has 86 valence electrons. The first-order chi connectivity index (χ1) is 7.40. The monoisotopic (exact) mass is 221 g/mol. The highest BCUT2D eigenvalue weighted by atomic mass is 16.3. The van der Waals surface area contributed by atoms with Gasteiger partial charge in [0.1, 0.15) is 0 Å². The number of aryl methyl sites for hydroxylation is 1. The van der Waals surface area contributed by atoms with Crippen LogP contribution in [0.15, 0.2) is 23.1 Å². The number of imidazole rings is 1. The molecule has 0 saturated heterocycles. The van der Waals surface area contributed by atoms with Gasteiger partial charge in [0.2, 0.25) is 0 Å². The standard InChI is InChI=1S/C11H15N3O2/c1-11(2,16)7-14-8-5-4-6-12-9(8)13(3)10(14)15/h4-6,16H,7H2,1-3H3. The second-order valence-electron chi connectivity index (χ2n) is 4.59. The zero-order valence-corrected chi connectivity index (χ0v) is 9.64. The lowest BCUT2D eigenvalue weighted by atomic mass is 10.1. The van der Waals surface area contributed by atoms with Crippen LogP contribution in [0.4, 0.5) is 0 Å². The van der Waals surface area contributed by atoms with Crippen LogP contribution in [0.3, 0.4) is 0 Å². The summed E-state index contributed by atoms with van der Waals surface area (Å²) in [6.45, 7) is 3.61. The smallest absolute Gasteiger partial charge is 0.330 e. The van der Waals surface area contributed by atoms with Gasteiger partial charge in [0.25, 0.3) is 0 Å². The second-order valence-corrected chi connectivity index (χ2v) is 4.59. The van der Waals surface area contributed by atoms with Crippen molar-refractivity contribution in [1.29, 1.82) is 0 Å². The van der Waals surface area contributed by atoms with Crippen LogP contribution in [-0.4, -0.2) is 24.8 Å². The molecule has 2 aromatic heterocycles. The molecule has 16 heavy (non-hydrogen) atoms. The Kier molecular flexibility index (Phi) is 2.35. The normalized spacial score (nSPS) is 12.2. The van der Waals surface area contributed by atoms with Gasteiger partial charge in [-0.25, -0.2) is 9.78 Å². The van der Waals surface area contributed by atoms with Crippen LogP contribution >= 0.6 is 0 Å². The van der Waals surface area contributed by atoms with Crippen LogP contribution in [0.2, 0.25) is 0 Å². The highest BCUT2D eigenvalue weighted by Gasteiger charge is 2.19. The number of hydrogen-bond donors (Lipinski definition) is 1. The van der Waals surface area contributed by atoms with Gasteiger partial charge in [-0.3, -0.25) is 9.13 Å². The molecule has 1 N–H and O–H groups in total. The fourth-order valence-electron chi connectivity index (χ4n) is 1.77. The molecule has 0 aliphatic rings. The summed E-state index contributed by atoms with van der Waals surface area (Å²) in [6.07, 6.45) is 1.65. The Morgan fingerprint density at radius 1 is 1.50 bits per heavy atom. The summed E-state index contributed by atoms with van der Waals surface area (Å²) >= 11 is 0. The second kappa shape index (κ2) is 3.45. The molecule has 0 atom stereocenters. The van der Waals surface area contributed by atoms with Crippen molar-refractivity contribution in [2.75, 3.05) is 0 Å². The molecular formula is C11H15N3O2. The average molecular weight is 221 g/mol. The van der Waals surface area contributed by atoms with E-state index < -0.39 is 5.60 Å². The van der Waals surface area contributed by atoms with Crippen LogP contribution < -0.4 is 5.69 Å². The highest BCUT2D eigenvalue weighted by Crippen LogP contribution is 2.12. The minimum atomic E-state index is -0.923. The molecule has 0 bridgehead atoms. The third-order valence-electron chi connectivity index (χ3n) is 2.44. The van der Waals surface area contributed by atoms with E-state index in [0.29, 0.717) is 5.65 Å². The molecule has 0 aromatic carbocycles. The minimum Gasteiger partial charge on any atom is -0.389 e. The molecule has 0 spiro atoms. The third kappa shape index (κ3) is 1.74. The maximum Gasteiger partial charge on any atom is 0.330 e. The average Bonchev–Trinajstić information content (AvgIpc) is 2.43. The predicted octanol–water partition coefficient (Wildman–Crippen LogP) is 0.506. The zero-order valence-electron chi connectivity index (χ0n) is 9.64. The number of aromatic nitrogens is 3. The summed E-state index contributed by atoms with van der Waals surface area (Å²) in [5.41, 5.74) is 0.304. The van der Waals surface area contributed by atoms with Gasteiger partial charge in [-0.15, -0.1) is 0 Å². The predicted molar refractivity (Wildman–Crippen MR) is 61.3 cm³/mol. The van der Waals surface area contributed by atoms with Crippen molar-refractivity contribution in [3.05, 3.63) is 28.8 Å². The van der Waals surface area contributed by atoms with E-state index in [1.807, 2.05) is 6.07 Å². The van der Waals surface area contributed by atoms with Crippen molar-refractivity contribution < 1.29 is 5.11 Å². The number of fused-ring (bicyclic) bond motifs is 1. The van der Waals surface area contributed by atoms with Crippen LogP contribution in [0, 0.1) is 0 Å². The first-order valence-electron chi connectivity index (χ1n) is 5.13. The molecule has 0 fully saturated rings. The lowest BCUT2D eigenvalue weighted by Crippen LogP contribution is -2.33. The Morgan fingerprint density at radius 2 is 2.19 bits per heavy atom. The van der Waals surface area contributed by atoms with E-state index in [1.54, 1.807) is 37.7 Å². The molecule has 0 aliphatic heterocycles. The molecule has 0 unspecified atom stereocenters. The van der Waals surface area contributed by atoms with Crippen molar-refractivity contribution in [3.8, 4) is 0 Å². The Labute approximate surface area is 93.0 Å². The van der Waals surface area contributed by atoms with E-state index in [0.717, 1.165) is 5.52 Å². The summed E-state index contributed by atoms with van der Waals surface area (Å²) < 4.78 is 3.03. The number of pyridine rings is 1. The lowest BCUT2D eigenvalue weighted by Gasteiger charge is -2.17. The van der Waals surface area contributed by atoms with E-state index in [9.17, 15) is 9.90 Å². The van der Waals surface area contributed by atoms with Crippen molar-refractivity contribution >= 4 is 11.2 Å². The largest absolute Gasteiger partial charge is 0.389 e. The summed E-state index contributed by atoms with van der Waals surface area (Å²) in [4.78, 5) is 16.1. The number of nitrogens with zero attached hydrogens (tertiary/aromatic N) is 3. The third-order valence-corrected chi connectivity index (χ3v) is 2.44. The molecule has 2 rings (SSSR count). The fourth-order valence-corrected chi connectivity index (χ4v) is 1.77. The molecular weight excluding hydrogens is 206 g/mol. The molecule has 2 heterocycles. The van der Waals surface area contributed by atoms with Gasteiger partial charge in [-0.05, 0) is 26.0 Å². The summed E-state index contributed by atoms with van der Waals surface area (Å²) in [7, 11) is 1.68. The number of aliphatic hydroxyl groups is 1. The van der Waals surface area contributed by atoms with E-state index in [2.05, 4.69) is 4.98 Å². The first-order valence-corrected chi connectivity index (χ1v) is 5.13.